The predicted molar refractivity (Wildman–Crippen MR) is 60.8 cm³/mol. The normalized spacial score (nSPS) is 37.2. The highest BCUT2D eigenvalue weighted by Gasteiger charge is 2.46. The number of rotatable bonds is 2. The molecule has 0 aromatic rings. The van der Waals surface area contributed by atoms with Crippen molar-refractivity contribution in [2.45, 2.75) is 37.3 Å². The number of hydrogen-bond donors (Lipinski definition) is 3. The molecule has 2 fully saturated rings. The Labute approximate surface area is 96.0 Å². The average molecular weight is 227 g/mol. The van der Waals surface area contributed by atoms with Crippen molar-refractivity contribution in [1.82, 2.24) is 10.2 Å². The molecule has 5 nitrogen and oxygen atoms in total. The van der Waals surface area contributed by atoms with Crippen LogP contribution in [-0.4, -0.2) is 53.7 Å². The molecule has 0 aromatic heterocycles. The Bertz CT molecular complexity index is 266. The largest absolute Gasteiger partial charge is 0.378 e. The van der Waals surface area contributed by atoms with E-state index in [9.17, 15) is 9.90 Å². The van der Waals surface area contributed by atoms with Crippen LogP contribution < -0.4 is 11.1 Å². The summed E-state index contributed by atoms with van der Waals surface area (Å²) in [6, 6.07) is -0.0825. The summed E-state index contributed by atoms with van der Waals surface area (Å²) in [7, 11) is 0. The molecule has 0 radical (unpaired) electrons. The van der Waals surface area contributed by atoms with Gasteiger partial charge in [-0.15, -0.1) is 0 Å². The molecule has 1 saturated carbocycles. The predicted octanol–water partition coefficient (Wildman–Crippen LogP) is -0.949. The fraction of sp³-hybridized carbons (Fsp3) is 0.909. The van der Waals surface area contributed by atoms with E-state index in [0.29, 0.717) is 6.42 Å². The Kier molecular flexibility index (Phi) is 3.47. The van der Waals surface area contributed by atoms with Crippen LogP contribution in [-0.2, 0) is 4.79 Å². The fourth-order valence-electron chi connectivity index (χ4n) is 2.90. The van der Waals surface area contributed by atoms with E-state index in [-0.39, 0.29) is 6.04 Å². The number of nitrogens with one attached hydrogen (secondary N) is 1. The molecule has 2 atom stereocenters. The van der Waals surface area contributed by atoms with Gasteiger partial charge >= 0.3 is 0 Å². The molecule has 2 rings (SSSR count). The zero-order chi connectivity index (χ0) is 11.6. The van der Waals surface area contributed by atoms with Crippen molar-refractivity contribution in [2.75, 3.05) is 26.2 Å². The monoisotopic (exact) mass is 227 g/mol. The minimum Gasteiger partial charge on any atom is -0.378 e. The number of carbonyl (C=O) groups is 1. The van der Waals surface area contributed by atoms with Gasteiger partial charge in [-0.3, -0.25) is 9.69 Å². The Morgan fingerprint density at radius 2 is 2.06 bits per heavy atom. The van der Waals surface area contributed by atoms with E-state index < -0.39 is 11.5 Å². The third kappa shape index (κ3) is 2.07. The maximum absolute atomic E-state index is 11.5. The molecule has 4 N–H and O–H groups in total. The molecule has 0 bridgehead atoms. The molecule has 92 valence electrons. The van der Waals surface area contributed by atoms with Gasteiger partial charge in [0.2, 0.25) is 0 Å². The van der Waals surface area contributed by atoms with Gasteiger partial charge in [0.15, 0.2) is 5.60 Å². The molecule has 0 spiro atoms. The Morgan fingerprint density at radius 1 is 1.38 bits per heavy atom. The summed E-state index contributed by atoms with van der Waals surface area (Å²) >= 11 is 0. The highest BCUT2D eigenvalue weighted by molar-refractivity contribution is 5.84. The van der Waals surface area contributed by atoms with E-state index in [0.717, 1.165) is 45.4 Å². The van der Waals surface area contributed by atoms with Crippen molar-refractivity contribution < 1.29 is 9.90 Å². The Morgan fingerprint density at radius 3 is 2.69 bits per heavy atom. The van der Waals surface area contributed by atoms with Gasteiger partial charge in [-0.2, -0.15) is 0 Å². The zero-order valence-electron chi connectivity index (χ0n) is 9.61. The molecule has 1 saturated heterocycles. The van der Waals surface area contributed by atoms with Crippen molar-refractivity contribution >= 4 is 5.91 Å². The highest BCUT2D eigenvalue weighted by Crippen LogP contribution is 2.32. The van der Waals surface area contributed by atoms with Gasteiger partial charge in [0.1, 0.15) is 0 Å². The number of nitrogens with zero attached hydrogens (tertiary/aromatic N) is 1. The first kappa shape index (κ1) is 11.8. The lowest BCUT2D eigenvalue weighted by atomic mass is 9.78. The second kappa shape index (κ2) is 4.69. The summed E-state index contributed by atoms with van der Waals surface area (Å²) in [5.41, 5.74) is 4.06. The number of primary amides is 1. The topological polar surface area (TPSA) is 78.6 Å². The second-order valence-electron chi connectivity index (χ2n) is 4.84. The number of carbonyl (C=O) groups excluding carboxylic acids is 1. The Hall–Kier alpha value is -0.650. The van der Waals surface area contributed by atoms with Gasteiger partial charge in [-0.1, -0.05) is 6.42 Å². The standard InChI is InChI=1S/C11H21N3O2/c12-10(15)11(16)4-2-1-3-9(11)14-7-5-13-6-8-14/h9,13,16H,1-8H2,(H2,12,15). The van der Waals surface area contributed by atoms with Crippen molar-refractivity contribution in [3.63, 3.8) is 0 Å². The summed E-state index contributed by atoms with van der Waals surface area (Å²) in [6.07, 6.45) is 3.35. The molecule has 0 aromatic carbocycles. The maximum atomic E-state index is 11.5. The minimum absolute atomic E-state index is 0.0825. The summed E-state index contributed by atoms with van der Waals surface area (Å²) < 4.78 is 0. The summed E-state index contributed by atoms with van der Waals surface area (Å²) in [6.45, 7) is 3.62. The smallest absolute Gasteiger partial charge is 0.251 e. The van der Waals surface area contributed by atoms with Crippen molar-refractivity contribution in [2.24, 2.45) is 5.73 Å². The van der Waals surface area contributed by atoms with Crippen LogP contribution in [0.25, 0.3) is 0 Å². The quantitative estimate of drug-likeness (QED) is 0.568. The zero-order valence-corrected chi connectivity index (χ0v) is 9.61. The van der Waals surface area contributed by atoms with Gasteiger partial charge in [0, 0.05) is 32.2 Å². The van der Waals surface area contributed by atoms with Crippen LogP contribution in [0.3, 0.4) is 0 Å². The number of hydrogen-bond acceptors (Lipinski definition) is 4. The molecule has 1 aliphatic carbocycles. The SMILES string of the molecule is NC(=O)C1(O)CCCCC1N1CCNCC1. The second-order valence-corrected chi connectivity index (χ2v) is 4.84. The third-order valence-electron chi connectivity index (χ3n) is 3.86. The van der Waals surface area contributed by atoms with Crippen LogP contribution in [0.2, 0.25) is 0 Å². The number of nitrogens with two attached hydrogens (primary N) is 1. The van der Waals surface area contributed by atoms with Crippen molar-refractivity contribution in [1.29, 1.82) is 0 Å². The molecular formula is C11H21N3O2. The molecule has 1 heterocycles. The first-order valence-corrected chi connectivity index (χ1v) is 6.11. The van der Waals surface area contributed by atoms with Gasteiger partial charge in [-0.25, -0.2) is 0 Å². The highest BCUT2D eigenvalue weighted by atomic mass is 16.3. The van der Waals surface area contributed by atoms with Crippen LogP contribution in [0.5, 0.6) is 0 Å². The number of piperazine rings is 1. The van der Waals surface area contributed by atoms with E-state index in [2.05, 4.69) is 10.2 Å². The lowest BCUT2D eigenvalue weighted by Gasteiger charge is -2.45. The van der Waals surface area contributed by atoms with Gasteiger partial charge < -0.3 is 16.2 Å². The van der Waals surface area contributed by atoms with E-state index in [4.69, 9.17) is 5.73 Å². The lowest BCUT2D eigenvalue weighted by Crippen LogP contribution is -2.63. The summed E-state index contributed by atoms with van der Waals surface area (Å²) in [4.78, 5) is 13.7. The molecule has 2 aliphatic rings. The van der Waals surface area contributed by atoms with E-state index in [1.807, 2.05) is 0 Å². The molecule has 5 heteroatoms. The van der Waals surface area contributed by atoms with Crippen LogP contribution in [0, 0.1) is 0 Å². The van der Waals surface area contributed by atoms with E-state index in [1.165, 1.54) is 0 Å². The summed E-state index contributed by atoms with van der Waals surface area (Å²) in [5, 5.41) is 13.7. The first-order chi connectivity index (χ1) is 7.64. The third-order valence-corrected chi connectivity index (χ3v) is 3.86. The van der Waals surface area contributed by atoms with Crippen molar-refractivity contribution in [3.8, 4) is 0 Å². The molecular weight excluding hydrogens is 206 g/mol. The summed E-state index contributed by atoms with van der Waals surface area (Å²) in [5.74, 6) is -0.560. The minimum atomic E-state index is -1.31. The molecule has 2 unspecified atom stereocenters. The van der Waals surface area contributed by atoms with Gasteiger partial charge in [0.05, 0.1) is 0 Å². The van der Waals surface area contributed by atoms with Crippen molar-refractivity contribution in [3.05, 3.63) is 0 Å². The van der Waals surface area contributed by atoms with Crippen LogP contribution in [0.15, 0.2) is 0 Å². The number of aliphatic hydroxyl groups is 1. The van der Waals surface area contributed by atoms with E-state index in [1.54, 1.807) is 0 Å². The van der Waals surface area contributed by atoms with Gasteiger partial charge in [0.25, 0.3) is 5.91 Å². The molecule has 1 aliphatic heterocycles. The molecule has 16 heavy (non-hydrogen) atoms. The molecule has 1 amide bonds. The lowest BCUT2D eigenvalue weighted by molar-refractivity contribution is -0.149. The fourth-order valence-corrected chi connectivity index (χ4v) is 2.90. The Balaban J connectivity index is 2.12. The first-order valence-electron chi connectivity index (χ1n) is 6.11. The van der Waals surface area contributed by atoms with Crippen LogP contribution >= 0.6 is 0 Å². The van der Waals surface area contributed by atoms with Crippen LogP contribution in [0.1, 0.15) is 25.7 Å². The number of amides is 1. The van der Waals surface area contributed by atoms with Gasteiger partial charge in [-0.05, 0) is 19.3 Å². The van der Waals surface area contributed by atoms with E-state index >= 15 is 0 Å². The van der Waals surface area contributed by atoms with Crippen LogP contribution in [0.4, 0.5) is 0 Å². The maximum Gasteiger partial charge on any atom is 0.251 e. The average Bonchev–Trinajstić information content (AvgIpc) is 2.30.